The van der Waals surface area contributed by atoms with Crippen molar-refractivity contribution in [1.29, 1.82) is 0 Å². The van der Waals surface area contributed by atoms with Crippen LogP contribution in [0.15, 0.2) is 36.4 Å². The Labute approximate surface area is 174 Å². The monoisotopic (exact) mass is 424 g/mol. The van der Waals surface area contributed by atoms with E-state index in [4.69, 9.17) is 37.4 Å². The average molecular weight is 425 g/mol. The highest BCUT2D eigenvalue weighted by molar-refractivity contribution is 6.34. The first-order chi connectivity index (χ1) is 13.5. The molecule has 3 rings (SSSR count). The molecule has 0 spiro atoms. The zero-order valence-electron chi connectivity index (χ0n) is 15.5. The summed E-state index contributed by atoms with van der Waals surface area (Å²) >= 11 is 12.1. The molecular formula is C20H22Cl2N2O4. The Hall–Kier alpha value is -2.15. The Morgan fingerprint density at radius 3 is 2.68 bits per heavy atom. The highest BCUT2D eigenvalue weighted by Gasteiger charge is 2.17. The van der Waals surface area contributed by atoms with Gasteiger partial charge in [-0.25, -0.2) is 0 Å². The molecule has 0 aromatic heterocycles. The molecule has 1 N–H and O–H groups in total. The number of ether oxygens (including phenoxy) is 3. The van der Waals surface area contributed by atoms with Crippen LogP contribution < -0.4 is 19.5 Å². The zero-order valence-corrected chi connectivity index (χ0v) is 17.1. The van der Waals surface area contributed by atoms with Gasteiger partial charge in [0.05, 0.1) is 23.9 Å². The van der Waals surface area contributed by atoms with Gasteiger partial charge < -0.3 is 19.5 Å². The lowest BCUT2D eigenvalue weighted by atomic mass is 10.2. The minimum Gasteiger partial charge on any atom is -0.493 e. The molecule has 0 saturated heterocycles. The molecule has 0 saturated carbocycles. The second kappa shape index (κ2) is 9.87. The number of carbonyl (C=O) groups excluding carboxylic acids is 1. The number of anilines is 1. The van der Waals surface area contributed by atoms with Crippen molar-refractivity contribution < 1.29 is 19.0 Å². The smallest absolute Gasteiger partial charge is 0.238 e. The second-order valence-corrected chi connectivity index (χ2v) is 7.26. The first-order valence-corrected chi connectivity index (χ1v) is 9.73. The van der Waals surface area contributed by atoms with Crippen molar-refractivity contribution in [3.05, 3.63) is 46.4 Å². The van der Waals surface area contributed by atoms with E-state index in [0.29, 0.717) is 53.6 Å². The number of likely N-dealkylation sites (N-methyl/N-ethyl adjacent to an activating group) is 1. The molecule has 0 fully saturated rings. The molecule has 28 heavy (non-hydrogen) atoms. The normalized spacial score (nSPS) is 12.7. The highest BCUT2D eigenvalue weighted by atomic mass is 35.5. The van der Waals surface area contributed by atoms with Crippen LogP contribution in [0.3, 0.4) is 0 Å². The van der Waals surface area contributed by atoms with Crippen LogP contribution in [0.4, 0.5) is 5.69 Å². The molecule has 0 atom stereocenters. The van der Waals surface area contributed by atoms with E-state index in [0.717, 1.165) is 12.2 Å². The molecule has 0 bridgehead atoms. The van der Waals surface area contributed by atoms with Gasteiger partial charge in [-0.3, -0.25) is 9.69 Å². The summed E-state index contributed by atoms with van der Waals surface area (Å²) in [6, 6.07) is 10.6. The quantitative estimate of drug-likeness (QED) is 0.646. The predicted molar refractivity (Wildman–Crippen MR) is 110 cm³/mol. The van der Waals surface area contributed by atoms with Crippen LogP contribution in [0.25, 0.3) is 0 Å². The standard InChI is InChI=1S/C20H22Cl2N2O4/c1-24(6-3-7-26-15-5-2-4-14(21)10-15)13-20(25)23-17-12-19-18(11-16(17)22)27-8-9-28-19/h2,4-5,10-12H,3,6-9,13H2,1H3,(H,23,25). The fourth-order valence-corrected chi connectivity index (χ4v) is 3.14. The van der Waals surface area contributed by atoms with Gasteiger partial charge in [-0.2, -0.15) is 0 Å². The molecule has 8 heteroatoms. The number of benzene rings is 2. The summed E-state index contributed by atoms with van der Waals surface area (Å²) in [5, 5.41) is 3.87. The van der Waals surface area contributed by atoms with Crippen LogP contribution in [-0.4, -0.2) is 50.8 Å². The minimum absolute atomic E-state index is 0.156. The number of carbonyl (C=O) groups is 1. The van der Waals surface area contributed by atoms with E-state index in [1.54, 1.807) is 24.3 Å². The summed E-state index contributed by atoms with van der Waals surface area (Å²) in [6.45, 7) is 2.45. The molecule has 0 aliphatic carbocycles. The molecule has 0 unspecified atom stereocenters. The summed E-state index contributed by atoms with van der Waals surface area (Å²) in [6.07, 6.45) is 0.779. The van der Waals surface area contributed by atoms with Gasteiger partial charge in [-0.15, -0.1) is 0 Å². The van der Waals surface area contributed by atoms with Gasteiger partial charge in [0, 0.05) is 23.7 Å². The summed E-state index contributed by atoms with van der Waals surface area (Å²) in [5.74, 6) is 1.75. The van der Waals surface area contributed by atoms with Gasteiger partial charge in [0.1, 0.15) is 19.0 Å². The maximum absolute atomic E-state index is 12.3. The second-order valence-electron chi connectivity index (χ2n) is 6.42. The topological polar surface area (TPSA) is 60.0 Å². The lowest BCUT2D eigenvalue weighted by Crippen LogP contribution is -2.31. The van der Waals surface area contributed by atoms with Gasteiger partial charge in [0.2, 0.25) is 5.91 Å². The number of nitrogens with one attached hydrogen (secondary N) is 1. The van der Waals surface area contributed by atoms with Crippen LogP contribution >= 0.6 is 23.2 Å². The molecule has 1 heterocycles. The maximum Gasteiger partial charge on any atom is 0.238 e. The largest absolute Gasteiger partial charge is 0.493 e. The number of nitrogens with zero attached hydrogens (tertiary/aromatic N) is 1. The molecule has 1 aliphatic rings. The predicted octanol–water partition coefficient (Wildman–Crippen LogP) is 4.10. The SMILES string of the molecule is CN(CCCOc1cccc(Cl)c1)CC(=O)Nc1cc2c(cc1Cl)OCCO2. The third-order valence-corrected chi connectivity index (χ3v) is 4.62. The molecule has 1 amide bonds. The highest BCUT2D eigenvalue weighted by Crippen LogP contribution is 2.37. The number of fused-ring (bicyclic) bond motifs is 1. The van der Waals surface area contributed by atoms with Crippen molar-refractivity contribution in [1.82, 2.24) is 4.90 Å². The molecular weight excluding hydrogens is 403 g/mol. The van der Waals surface area contributed by atoms with Gasteiger partial charge in [0.25, 0.3) is 0 Å². The number of rotatable bonds is 8. The van der Waals surface area contributed by atoms with Crippen LogP contribution in [0, 0.1) is 0 Å². The molecule has 0 radical (unpaired) electrons. The average Bonchev–Trinajstić information content (AvgIpc) is 2.66. The van der Waals surface area contributed by atoms with Crippen LogP contribution in [-0.2, 0) is 4.79 Å². The Morgan fingerprint density at radius 2 is 1.93 bits per heavy atom. The number of halogens is 2. The van der Waals surface area contributed by atoms with Gasteiger partial charge in [0.15, 0.2) is 11.5 Å². The van der Waals surface area contributed by atoms with Crippen molar-refractivity contribution in [3.63, 3.8) is 0 Å². The first-order valence-electron chi connectivity index (χ1n) is 8.97. The Morgan fingerprint density at radius 1 is 1.18 bits per heavy atom. The van der Waals surface area contributed by atoms with Crippen LogP contribution in [0.5, 0.6) is 17.2 Å². The molecule has 2 aromatic carbocycles. The van der Waals surface area contributed by atoms with Crippen LogP contribution in [0.1, 0.15) is 6.42 Å². The summed E-state index contributed by atoms with van der Waals surface area (Å²) in [7, 11) is 1.88. The lowest BCUT2D eigenvalue weighted by Gasteiger charge is -2.20. The maximum atomic E-state index is 12.3. The Balaban J connectivity index is 1.42. The zero-order chi connectivity index (χ0) is 19.9. The van der Waals surface area contributed by atoms with E-state index >= 15 is 0 Å². The van der Waals surface area contributed by atoms with Crippen molar-refractivity contribution >= 4 is 34.8 Å². The molecule has 1 aliphatic heterocycles. The van der Waals surface area contributed by atoms with E-state index in [2.05, 4.69) is 5.32 Å². The fourth-order valence-electron chi connectivity index (χ4n) is 2.75. The lowest BCUT2D eigenvalue weighted by molar-refractivity contribution is -0.117. The van der Waals surface area contributed by atoms with E-state index in [1.807, 2.05) is 24.1 Å². The first kappa shape index (κ1) is 20.6. The van der Waals surface area contributed by atoms with Crippen molar-refractivity contribution in [2.24, 2.45) is 0 Å². The van der Waals surface area contributed by atoms with Gasteiger partial charge in [-0.1, -0.05) is 29.3 Å². The molecule has 6 nitrogen and oxygen atoms in total. The number of hydrogen-bond donors (Lipinski definition) is 1. The Kier molecular flexibility index (Phi) is 7.25. The van der Waals surface area contributed by atoms with E-state index in [-0.39, 0.29) is 12.5 Å². The van der Waals surface area contributed by atoms with Crippen molar-refractivity contribution in [3.8, 4) is 17.2 Å². The van der Waals surface area contributed by atoms with Crippen LogP contribution in [0.2, 0.25) is 10.0 Å². The van der Waals surface area contributed by atoms with E-state index in [9.17, 15) is 4.79 Å². The number of hydrogen-bond acceptors (Lipinski definition) is 5. The number of amides is 1. The third-order valence-electron chi connectivity index (χ3n) is 4.07. The van der Waals surface area contributed by atoms with E-state index < -0.39 is 0 Å². The molecule has 150 valence electrons. The fraction of sp³-hybridized carbons (Fsp3) is 0.350. The summed E-state index contributed by atoms with van der Waals surface area (Å²) < 4.78 is 16.6. The van der Waals surface area contributed by atoms with Crippen molar-refractivity contribution in [2.75, 3.05) is 45.3 Å². The summed E-state index contributed by atoms with van der Waals surface area (Å²) in [5.41, 5.74) is 0.508. The van der Waals surface area contributed by atoms with E-state index in [1.165, 1.54) is 0 Å². The van der Waals surface area contributed by atoms with Gasteiger partial charge >= 0.3 is 0 Å². The minimum atomic E-state index is -0.156. The Bertz CT molecular complexity index is 832. The molecule has 2 aromatic rings. The third kappa shape index (κ3) is 5.92. The van der Waals surface area contributed by atoms with Gasteiger partial charge in [-0.05, 0) is 31.7 Å². The van der Waals surface area contributed by atoms with Crippen molar-refractivity contribution in [2.45, 2.75) is 6.42 Å². The summed E-state index contributed by atoms with van der Waals surface area (Å²) in [4.78, 5) is 14.2.